The van der Waals surface area contributed by atoms with Crippen LogP contribution in [-0.4, -0.2) is 52.7 Å². The summed E-state index contributed by atoms with van der Waals surface area (Å²) in [6, 6.07) is 9.31. The quantitative estimate of drug-likeness (QED) is 0.338. The van der Waals surface area contributed by atoms with Crippen molar-refractivity contribution in [2.45, 2.75) is 70.9 Å². The number of fused-ring (bicyclic) bond motifs is 2. The number of esters is 1. The number of benzene rings is 1. The minimum atomic E-state index is -0.405. The van der Waals surface area contributed by atoms with Gasteiger partial charge < -0.3 is 14.5 Å². The van der Waals surface area contributed by atoms with Gasteiger partial charge in [0.15, 0.2) is 0 Å². The SMILES string of the molecule is COc1ccc(F)cc1-c1ccnc2[nH]c(C3=CCN([C@H]4C[C@H]5CC(CC(=O)OC(C)(C)C)C[C@H]5C4)CC3)cc12. The molecule has 0 spiro atoms. The minimum Gasteiger partial charge on any atom is -0.496 e. The fourth-order valence-corrected chi connectivity index (χ4v) is 7.38. The predicted molar refractivity (Wildman–Crippen MR) is 155 cm³/mol. The number of pyridine rings is 1. The van der Waals surface area contributed by atoms with Crippen molar-refractivity contribution in [3.05, 3.63) is 54.1 Å². The smallest absolute Gasteiger partial charge is 0.306 e. The maximum absolute atomic E-state index is 14.1. The molecule has 2 saturated carbocycles. The standard InChI is InChI=1S/C33H40FN3O3/c1-33(2,3)40-31(38)15-20-13-22-16-25(17-23(22)14-20)37-11-8-21(9-12-37)29-19-28-26(7-10-35-32(28)36-29)27-18-24(34)5-6-30(27)39-4/h5-8,10,18-20,22-23,25H,9,11-17H2,1-4H3,(H,35,36)/t20?,22-,23+,25+. The summed E-state index contributed by atoms with van der Waals surface area (Å²) in [4.78, 5) is 23.0. The number of nitrogens with zero attached hydrogens (tertiary/aromatic N) is 2. The Labute approximate surface area is 236 Å². The molecule has 2 aliphatic carbocycles. The van der Waals surface area contributed by atoms with Crippen molar-refractivity contribution < 1.29 is 18.7 Å². The highest BCUT2D eigenvalue weighted by Crippen LogP contribution is 2.49. The van der Waals surface area contributed by atoms with E-state index >= 15 is 0 Å². The maximum Gasteiger partial charge on any atom is 0.306 e. The molecule has 1 aromatic carbocycles. The van der Waals surface area contributed by atoms with Crippen LogP contribution in [0.5, 0.6) is 5.75 Å². The normalized spacial score (nSPS) is 25.2. The van der Waals surface area contributed by atoms with Crippen LogP contribution in [0.2, 0.25) is 0 Å². The van der Waals surface area contributed by atoms with Crippen LogP contribution in [0.15, 0.2) is 42.6 Å². The molecule has 3 aliphatic rings. The molecule has 4 atom stereocenters. The highest BCUT2D eigenvalue weighted by Gasteiger charge is 2.44. The number of methoxy groups -OCH3 is 1. The summed E-state index contributed by atoms with van der Waals surface area (Å²) in [6.45, 7) is 7.81. The van der Waals surface area contributed by atoms with E-state index < -0.39 is 5.60 Å². The number of aromatic nitrogens is 2. The Bertz CT molecular complexity index is 1420. The molecule has 1 aliphatic heterocycles. The van der Waals surface area contributed by atoms with Crippen LogP contribution < -0.4 is 4.74 Å². The third-order valence-electron chi connectivity index (χ3n) is 9.05. The van der Waals surface area contributed by atoms with Crippen molar-refractivity contribution >= 4 is 22.6 Å². The van der Waals surface area contributed by atoms with Gasteiger partial charge in [-0.25, -0.2) is 9.37 Å². The average molecular weight is 546 g/mol. The fourth-order valence-electron chi connectivity index (χ4n) is 7.38. The van der Waals surface area contributed by atoms with Crippen molar-refractivity contribution in [2.24, 2.45) is 17.8 Å². The van der Waals surface area contributed by atoms with Gasteiger partial charge in [-0.15, -0.1) is 0 Å². The van der Waals surface area contributed by atoms with Gasteiger partial charge in [0.25, 0.3) is 0 Å². The first-order valence-electron chi connectivity index (χ1n) is 14.6. The van der Waals surface area contributed by atoms with E-state index in [0.29, 0.717) is 24.1 Å². The first-order valence-corrected chi connectivity index (χ1v) is 14.6. The number of carbonyl (C=O) groups excluding carboxylic acids is 1. The minimum absolute atomic E-state index is 0.0444. The van der Waals surface area contributed by atoms with E-state index in [0.717, 1.165) is 72.0 Å². The van der Waals surface area contributed by atoms with E-state index in [1.165, 1.54) is 30.5 Å². The number of rotatable bonds is 6. The molecule has 1 N–H and O–H groups in total. The fraction of sp³-hybridized carbons (Fsp3) is 0.515. The third kappa shape index (κ3) is 5.53. The second kappa shape index (κ2) is 10.7. The molecule has 3 aromatic rings. The van der Waals surface area contributed by atoms with Gasteiger partial charge in [-0.3, -0.25) is 9.69 Å². The van der Waals surface area contributed by atoms with Gasteiger partial charge in [0.1, 0.15) is 22.8 Å². The Morgan fingerprint density at radius 2 is 1.88 bits per heavy atom. The Hall–Kier alpha value is -3.19. The molecule has 40 heavy (non-hydrogen) atoms. The van der Waals surface area contributed by atoms with Crippen molar-refractivity contribution in [3.8, 4) is 16.9 Å². The van der Waals surface area contributed by atoms with Crippen molar-refractivity contribution in [3.63, 3.8) is 0 Å². The van der Waals surface area contributed by atoms with Gasteiger partial charge in [-0.1, -0.05) is 6.08 Å². The van der Waals surface area contributed by atoms with E-state index in [9.17, 15) is 9.18 Å². The Kier molecular flexibility index (Phi) is 7.19. The van der Waals surface area contributed by atoms with Gasteiger partial charge in [-0.05, 0) is 112 Å². The zero-order chi connectivity index (χ0) is 28.0. The highest BCUT2D eigenvalue weighted by atomic mass is 19.1. The summed E-state index contributed by atoms with van der Waals surface area (Å²) in [5, 5.41) is 0.967. The summed E-state index contributed by atoms with van der Waals surface area (Å²) in [5.41, 5.74) is 4.42. The number of hydrogen-bond donors (Lipinski definition) is 1. The molecule has 0 saturated heterocycles. The molecule has 6 rings (SSSR count). The van der Waals surface area contributed by atoms with Crippen LogP contribution in [0.3, 0.4) is 0 Å². The number of aromatic amines is 1. The molecule has 0 amide bonds. The average Bonchev–Trinajstić information content (AvgIpc) is 3.61. The lowest BCUT2D eigenvalue weighted by atomic mass is 9.97. The molecule has 212 valence electrons. The third-order valence-corrected chi connectivity index (χ3v) is 9.05. The number of hydrogen-bond acceptors (Lipinski definition) is 5. The Morgan fingerprint density at radius 3 is 2.55 bits per heavy atom. The van der Waals surface area contributed by atoms with Crippen LogP contribution >= 0.6 is 0 Å². The highest BCUT2D eigenvalue weighted by molar-refractivity contribution is 5.96. The van der Waals surface area contributed by atoms with Gasteiger partial charge in [-0.2, -0.15) is 0 Å². The van der Waals surface area contributed by atoms with Crippen molar-refractivity contribution in [1.82, 2.24) is 14.9 Å². The zero-order valence-electron chi connectivity index (χ0n) is 24.0. The number of nitrogens with one attached hydrogen (secondary N) is 1. The Morgan fingerprint density at radius 1 is 1.10 bits per heavy atom. The first kappa shape index (κ1) is 27.0. The number of H-pyrrole nitrogens is 1. The Balaban J connectivity index is 1.10. The van der Waals surface area contributed by atoms with Crippen LogP contribution in [0.1, 0.15) is 65.0 Å². The lowest BCUT2D eigenvalue weighted by molar-refractivity contribution is -0.155. The van der Waals surface area contributed by atoms with E-state index in [2.05, 4.69) is 27.0 Å². The summed E-state index contributed by atoms with van der Waals surface area (Å²) >= 11 is 0. The lowest BCUT2D eigenvalue weighted by Crippen LogP contribution is -2.37. The molecule has 1 unspecified atom stereocenters. The van der Waals surface area contributed by atoms with Crippen molar-refractivity contribution in [1.29, 1.82) is 0 Å². The number of ether oxygens (including phenoxy) is 2. The van der Waals surface area contributed by atoms with Crippen molar-refractivity contribution in [2.75, 3.05) is 20.2 Å². The second-order valence-electron chi connectivity index (χ2n) is 12.9. The molecule has 0 bridgehead atoms. The first-order chi connectivity index (χ1) is 19.2. The number of carbonyl (C=O) groups is 1. The summed E-state index contributed by atoms with van der Waals surface area (Å²) in [5.74, 6) is 2.26. The van der Waals surface area contributed by atoms with Crippen LogP contribution in [0, 0.1) is 23.6 Å². The van der Waals surface area contributed by atoms with E-state index in [1.54, 1.807) is 19.4 Å². The van der Waals surface area contributed by atoms with E-state index in [4.69, 9.17) is 9.47 Å². The monoisotopic (exact) mass is 545 g/mol. The molecular weight excluding hydrogens is 505 g/mol. The molecular formula is C33H40FN3O3. The predicted octanol–water partition coefficient (Wildman–Crippen LogP) is 7.00. The molecule has 6 nitrogen and oxygen atoms in total. The van der Waals surface area contributed by atoms with Gasteiger partial charge in [0.05, 0.1) is 7.11 Å². The second-order valence-corrected chi connectivity index (χ2v) is 12.9. The zero-order valence-corrected chi connectivity index (χ0v) is 24.0. The van der Waals surface area contributed by atoms with E-state index in [-0.39, 0.29) is 11.8 Å². The molecule has 7 heteroatoms. The van der Waals surface area contributed by atoms with Crippen LogP contribution in [0.25, 0.3) is 27.7 Å². The van der Waals surface area contributed by atoms with Gasteiger partial charge in [0.2, 0.25) is 0 Å². The summed E-state index contributed by atoms with van der Waals surface area (Å²) in [7, 11) is 1.61. The summed E-state index contributed by atoms with van der Waals surface area (Å²) < 4.78 is 25.2. The molecule has 2 aromatic heterocycles. The van der Waals surface area contributed by atoms with Gasteiger partial charge >= 0.3 is 5.97 Å². The van der Waals surface area contributed by atoms with Gasteiger partial charge in [0, 0.05) is 48.4 Å². The van der Waals surface area contributed by atoms with E-state index in [1.807, 2.05) is 26.8 Å². The molecule has 3 heterocycles. The molecule has 2 fully saturated rings. The largest absolute Gasteiger partial charge is 0.496 e. The van der Waals surface area contributed by atoms with Crippen LogP contribution in [0.4, 0.5) is 4.39 Å². The number of halogens is 1. The maximum atomic E-state index is 14.1. The molecule has 0 radical (unpaired) electrons. The topological polar surface area (TPSA) is 67.5 Å². The van der Waals surface area contributed by atoms with Crippen LogP contribution in [-0.2, 0) is 9.53 Å². The summed E-state index contributed by atoms with van der Waals surface area (Å²) in [6.07, 6.45) is 10.5. The lowest BCUT2D eigenvalue weighted by Gasteiger charge is -2.32.